The van der Waals surface area contributed by atoms with E-state index in [9.17, 15) is 9.59 Å². The fraction of sp³-hybridized carbons (Fsp3) is 0.500. The second-order valence-electron chi connectivity index (χ2n) is 15.4. The quantitative estimate of drug-likeness (QED) is 0.155. The average Bonchev–Trinajstić information content (AvgIpc) is 3.59. The number of carbonyl (C=O) groups is 2. The lowest BCUT2D eigenvalue weighted by molar-refractivity contribution is 0.0467. The molecule has 4 N–H and O–H groups in total. The van der Waals surface area contributed by atoms with Crippen molar-refractivity contribution < 1.29 is 19.1 Å². The van der Waals surface area contributed by atoms with E-state index in [-0.39, 0.29) is 24.3 Å². The van der Waals surface area contributed by atoms with Crippen molar-refractivity contribution in [3.8, 4) is 0 Å². The molecule has 2 aromatic carbocycles. The molecule has 0 bridgehead atoms. The second kappa shape index (κ2) is 17.0. The molecule has 0 saturated carbocycles. The van der Waals surface area contributed by atoms with Gasteiger partial charge in [0.1, 0.15) is 29.0 Å². The van der Waals surface area contributed by atoms with Crippen molar-refractivity contribution in [2.24, 2.45) is 11.8 Å². The first-order valence-electron chi connectivity index (χ1n) is 18.2. The summed E-state index contributed by atoms with van der Waals surface area (Å²) in [6.45, 7) is 15.1. The van der Waals surface area contributed by atoms with Gasteiger partial charge in [-0.3, -0.25) is 0 Å². The summed E-state index contributed by atoms with van der Waals surface area (Å²) < 4.78 is 10.9. The molecule has 2 unspecified atom stereocenters. The van der Waals surface area contributed by atoms with Crippen LogP contribution in [0.4, 0.5) is 15.4 Å². The topological polar surface area (TPSA) is 134 Å². The molecular formula is C40H55N7O4. The Morgan fingerprint density at radius 2 is 1.22 bits per heavy atom. The van der Waals surface area contributed by atoms with E-state index in [4.69, 9.17) is 9.47 Å². The van der Waals surface area contributed by atoms with Crippen LogP contribution in [-0.4, -0.2) is 64.5 Å². The highest BCUT2D eigenvalue weighted by Gasteiger charge is 2.32. The van der Waals surface area contributed by atoms with Crippen LogP contribution in [0.3, 0.4) is 0 Å². The number of ether oxygens (including phenoxy) is 2. The number of alkyl carbamates (subject to hydrolysis) is 2. The summed E-state index contributed by atoms with van der Waals surface area (Å²) in [4.78, 5) is 38.9. The highest BCUT2D eigenvalue weighted by Crippen LogP contribution is 2.34. The van der Waals surface area contributed by atoms with Crippen LogP contribution in [0.5, 0.6) is 0 Å². The molecule has 0 aliphatic carbocycles. The lowest BCUT2D eigenvalue weighted by Crippen LogP contribution is -2.42. The molecule has 11 heteroatoms. The summed E-state index contributed by atoms with van der Waals surface area (Å²) in [5, 5.41) is 10.6. The number of hydrogen-bond acceptors (Lipinski definition) is 8. The van der Waals surface area contributed by atoms with Crippen LogP contribution < -0.4 is 20.9 Å². The van der Waals surface area contributed by atoms with Crippen LogP contribution in [0.15, 0.2) is 79.3 Å². The van der Waals surface area contributed by atoms with Crippen LogP contribution in [0, 0.1) is 11.8 Å². The van der Waals surface area contributed by atoms with E-state index in [0.717, 1.165) is 79.8 Å². The zero-order valence-electron chi connectivity index (χ0n) is 30.9. The van der Waals surface area contributed by atoms with Crippen LogP contribution in [0.1, 0.15) is 90.4 Å². The van der Waals surface area contributed by atoms with Crippen molar-refractivity contribution >= 4 is 29.0 Å². The number of aromatic nitrogens is 3. The first-order valence-corrected chi connectivity index (χ1v) is 18.2. The minimum Gasteiger partial charge on any atom is -0.444 e. The zero-order valence-corrected chi connectivity index (χ0v) is 30.9. The summed E-state index contributed by atoms with van der Waals surface area (Å²) in [6.07, 6.45) is 6.82. The van der Waals surface area contributed by atoms with E-state index < -0.39 is 11.2 Å². The van der Waals surface area contributed by atoms with Gasteiger partial charge >= 0.3 is 12.2 Å². The second-order valence-corrected chi connectivity index (χ2v) is 15.4. The van der Waals surface area contributed by atoms with Gasteiger partial charge in [-0.25, -0.2) is 19.6 Å². The van der Waals surface area contributed by atoms with Crippen molar-refractivity contribution in [2.45, 2.75) is 90.5 Å². The standard InChI is InChI=1S/C23H29N5O2.C17H26N2O2/c1-23(2,3)30-22(29)27-19(16-7-5-4-6-8-16)17-10-13-28(14-11-17)21-18-9-12-24-20(18)25-15-26-21;1-17(2,3)21-16(20)19-15(13-7-5-4-6-8-13)14-9-11-18-12-10-14/h4-9,12,15,17,19H,10-11,13-14H2,1-3H3,(H,27,29)(H,24,25,26);4-8,14-15,18H,9-12H2,1-3H3,(H,19,20). The lowest BCUT2D eigenvalue weighted by atomic mass is 9.85. The van der Waals surface area contributed by atoms with Crippen LogP contribution in [0.25, 0.3) is 11.0 Å². The molecule has 2 aliphatic heterocycles. The van der Waals surface area contributed by atoms with Crippen LogP contribution in [0.2, 0.25) is 0 Å². The lowest BCUT2D eigenvalue weighted by Gasteiger charge is -2.37. The van der Waals surface area contributed by atoms with E-state index in [1.807, 2.05) is 90.2 Å². The summed E-state index contributed by atoms with van der Waals surface area (Å²) in [5.74, 6) is 1.73. The maximum absolute atomic E-state index is 12.5. The summed E-state index contributed by atoms with van der Waals surface area (Å²) in [6, 6.07) is 22.3. The van der Waals surface area contributed by atoms with E-state index in [1.165, 1.54) is 0 Å². The molecule has 2 aliphatic rings. The number of H-pyrrole nitrogens is 1. The van der Waals surface area contributed by atoms with Gasteiger partial charge in [0.15, 0.2) is 0 Å². The number of nitrogens with zero attached hydrogens (tertiary/aromatic N) is 3. The van der Waals surface area contributed by atoms with Crippen molar-refractivity contribution in [3.05, 3.63) is 90.4 Å². The van der Waals surface area contributed by atoms with Gasteiger partial charge in [0.25, 0.3) is 0 Å². The van der Waals surface area contributed by atoms with Gasteiger partial charge in [-0.2, -0.15) is 0 Å². The molecule has 0 radical (unpaired) electrons. The van der Waals surface area contributed by atoms with Gasteiger partial charge in [-0.15, -0.1) is 0 Å². The maximum Gasteiger partial charge on any atom is 0.408 e. The summed E-state index contributed by atoms with van der Waals surface area (Å²) in [5.41, 5.74) is 2.12. The maximum atomic E-state index is 12.5. The Bertz CT molecular complexity index is 1670. The number of hydrogen-bond donors (Lipinski definition) is 4. The molecule has 274 valence electrons. The third-order valence-corrected chi connectivity index (χ3v) is 9.16. The zero-order chi connectivity index (χ0) is 36.4. The fourth-order valence-corrected chi connectivity index (χ4v) is 6.87. The predicted molar refractivity (Wildman–Crippen MR) is 202 cm³/mol. The van der Waals surface area contributed by atoms with Gasteiger partial charge in [0, 0.05) is 19.3 Å². The van der Waals surface area contributed by atoms with Crippen LogP contribution in [-0.2, 0) is 9.47 Å². The largest absolute Gasteiger partial charge is 0.444 e. The van der Waals surface area contributed by atoms with Crippen molar-refractivity contribution in [1.29, 1.82) is 0 Å². The molecule has 51 heavy (non-hydrogen) atoms. The van der Waals surface area contributed by atoms with Gasteiger partial charge in [0.2, 0.25) is 0 Å². The van der Waals surface area contributed by atoms with Gasteiger partial charge in [-0.05, 0) is 109 Å². The number of rotatable bonds is 7. The van der Waals surface area contributed by atoms with E-state index in [2.05, 4.69) is 60.1 Å². The van der Waals surface area contributed by atoms with Crippen molar-refractivity contribution in [2.75, 3.05) is 31.1 Å². The predicted octanol–water partition coefficient (Wildman–Crippen LogP) is 7.69. The molecule has 6 rings (SSSR count). The number of nitrogens with one attached hydrogen (secondary N) is 4. The molecule has 2 amide bonds. The third kappa shape index (κ3) is 11.2. The highest BCUT2D eigenvalue weighted by molar-refractivity contribution is 5.87. The molecule has 0 spiro atoms. The van der Waals surface area contributed by atoms with Gasteiger partial charge in [0.05, 0.1) is 17.5 Å². The molecule has 2 fully saturated rings. The minimum atomic E-state index is -0.524. The van der Waals surface area contributed by atoms with E-state index in [1.54, 1.807) is 6.33 Å². The number of anilines is 1. The Balaban J connectivity index is 0.000000211. The minimum absolute atomic E-state index is 0.0168. The van der Waals surface area contributed by atoms with E-state index in [0.29, 0.717) is 11.8 Å². The van der Waals surface area contributed by atoms with Crippen molar-refractivity contribution in [1.82, 2.24) is 30.9 Å². The average molecular weight is 698 g/mol. The smallest absolute Gasteiger partial charge is 0.408 e. The number of aromatic amines is 1. The van der Waals surface area contributed by atoms with Crippen molar-refractivity contribution in [3.63, 3.8) is 0 Å². The molecule has 4 aromatic rings. The first kappa shape index (κ1) is 37.6. The molecular weight excluding hydrogens is 642 g/mol. The first-order chi connectivity index (χ1) is 24.4. The summed E-state index contributed by atoms with van der Waals surface area (Å²) in [7, 11) is 0. The number of amides is 2. The number of piperidine rings is 2. The molecule has 2 saturated heterocycles. The Labute approximate surface area is 302 Å². The Kier molecular flexibility index (Phi) is 12.6. The molecule has 2 aromatic heterocycles. The van der Waals surface area contributed by atoms with E-state index >= 15 is 0 Å². The monoisotopic (exact) mass is 697 g/mol. The van der Waals surface area contributed by atoms with Crippen LogP contribution >= 0.6 is 0 Å². The van der Waals surface area contributed by atoms with Gasteiger partial charge in [-0.1, -0.05) is 60.7 Å². The number of carbonyl (C=O) groups excluding carboxylic acids is 2. The molecule has 4 heterocycles. The molecule has 11 nitrogen and oxygen atoms in total. The summed E-state index contributed by atoms with van der Waals surface area (Å²) >= 11 is 0. The normalized spacial score (nSPS) is 17.1. The Morgan fingerprint density at radius 1 is 0.725 bits per heavy atom. The Hall–Kier alpha value is -4.64. The SMILES string of the molecule is CC(C)(C)OC(=O)NC(c1ccccc1)C1CCN(c2ncnc3[nH]ccc23)CC1.CC(C)(C)OC(=O)NC(c1ccccc1)C1CCNCC1. The fourth-order valence-electron chi connectivity index (χ4n) is 6.87. The Morgan fingerprint density at radius 3 is 1.71 bits per heavy atom. The third-order valence-electron chi connectivity index (χ3n) is 9.16. The molecule has 2 atom stereocenters. The number of fused-ring (bicyclic) bond motifs is 1. The number of benzene rings is 2. The highest BCUT2D eigenvalue weighted by atomic mass is 16.6. The van der Waals surface area contributed by atoms with Gasteiger partial charge < -0.3 is 35.3 Å².